The molecule has 0 unspecified atom stereocenters. The van der Waals surface area contributed by atoms with Crippen LogP contribution in [0.15, 0.2) is 6.33 Å². The van der Waals surface area contributed by atoms with Gasteiger partial charge in [0.2, 0.25) is 0 Å². The van der Waals surface area contributed by atoms with Crippen molar-refractivity contribution in [1.82, 2.24) is 14.9 Å². The molecule has 1 spiro atoms. The van der Waals surface area contributed by atoms with Gasteiger partial charge in [0.1, 0.15) is 6.33 Å². The zero-order valence-electron chi connectivity index (χ0n) is 13.4. The molecule has 0 saturated carbocycles. The highest BCUT2D eigenvalue weighted by atomic mass is 19.1. The molecular formula is C16H25FN4O. The van der Waals surface area contributed by atoms with Crippen LogP contribution in [0.2, 0.25) is 0 Å². The van der Waals surface area contributed by atoms with E-state index in [4.69, 9.17) is 0 Å². The van der Waals surface area contributed by atoms with Gasteiger partial charge in [-0.1, -0.05) is 6.92 Å². The van der Waals surface area contributed by atoms with Crippen molar-refractivity contribution in [2.45, 2.75) is 38.7 Å². The number of aromatic nitrogens is 2. The van der Waals surface area contributed by atoms with Crippen LogP contribution in [-0.2, 0) is 6.42 Å². The monoisotopic (exact) mass is 308 g/mol. The lowest BCUT2D eigenvalue weighted by Gasteiger charge is -2.50. The third-order valence-electron chi connectivity index (χ3n) is 5.16. The van der Waals surface area contributed by atoms with Crippen molar-refractivity contribution in [1.29, 1.82) is 0 Å². The highest BCUT2D eigenvalue weighted by Crippen LogP contribution is 2.39. The normalized spacial score (nSPS) is 30.0. The van der Waals surface area contributed by atoms with E-state index in [-0.39, 0.29) is 17.3 Å². The summed E-state index contributed by atoms with van der Waals surface area (Å²) in [5.74, 6) is 0.0899. The van der Waals surface area contributed by atoms with Gasteiger partial charge in [-0.3, -0.25) is 0 Å². The maximum Gasteiger partial charge on any atom is 0.187 e. The largest absolute Gasteiger partial charge is 0.392 e. The standard InChI is InChI=1S/C16H25FN4O/c1-3-12-14(17)15(19-11-18-12)21-7-4-6-16(10-21)9-20(2)8-5-13(16)22/h11,13,22H,3-10H2,1-2H3/t13-,16-/m0/s1. The van der Waals surface area contributed by atoms with Crippen LogP contribution in [0.25, 0.3) is 0 Å². The molecule has 2 aliphatic rings. The lowest BCUT2D eigenvalue weighted by molar-refractivity contribution is -0.0467. The summed E-state index contributed by atoms with van der Waals surface area (Å²) in [6.07, 6.45) is 4.42. The van der Waals surface area contributed by atoms with Crippen LogP contribution in [0.1, 0.15) is 31.9 Å². The summed E-state index contributed by atoms with van der Waals surface area (Å²) in [5.41, 5.74) is 0.292. The van der Waals surface area contributed by atoms with Gasteiger partial charge in [0, 0.05) is 31.6 Å². The Morgan fingerprint density at radius 1 is 1.36 bits per heavy atom. The van der Waals surface area contributed by atoms with Crippen molar-refractivity contribution in [3.05, 3.63) is 17.8 Å². The van der Waals surface area contributed by atoms with Gasteiger partial charge in [-0.25, -0.2) is 14.4 Å². The topological polar surface area (TPSA) is 52.5 Å². The Morgan fingerprint density at radius 3 is 2.95 bits per heavy atom. The molecule has 2 atom stereocenters. The van der Waals surface area contributed by atoms with Crippen LogP contribution in [0.5, 0.6) is 0 Å². The van der Waals surface area contributed by atoms with Gasteiger partial charge in [0.25, 0.3) is 0 Å². The van der Waals surface area contributed by atoms with Gasteiger partial charge >= 0.3 is 0 Å². The van der Waals surface area contributed by atoms with Crippen LogP contribution in [0.3, 0.4) is 0 Å². The number of halogens is 1. The summed E-state index contributed by atoms with van der Waals surface area (Å²) in [6, 6.07) is 0. The third-order valence-corrected chi connectivity index (χ3v) is 5.16. The van der Waals surface area contributed by atoms with Crippen molar-refractivity contribution in [2.24, 2.45) is 5.41 Å². The van der Waals surface area contributed by atoms with E-state index in [2.05, 4.69) is 21.9 Å². The first kappa shape index (κ1) is 15.6. The molecule has 0 amide bonds. The minimum absolute atomic E-state index is 0.172. The fourth-order valence-electron chi connectivity index (χ4n) is 3.98. The SMILES string of the molecule is CCc1ncnc(N2CCC[C@]3(CN(C)CC[C@@H]3O)C2)c1F. The molecule has 0 bridgehead atoms. The summed E-state index contributed by atoms with van der Waals surface area (Å²) in [6.45, 7) is 5.13. The van der Waals surface area contributed by atoms with Crippen molar-refractivity contribution >= 4 is 5.82 Å². The molecule has 0 aromatic carbocycles. The predicted octanol–water partition coefficient (Wildman–Crippen LogP) is 1.46. The van der Waals surface area contributed by atoms with E-state index in [1.54, 1.807) is 0 Å². The molecule has 3 rings (SSSR count). The van der Waals surface area contributed by atoms with Crippen LogP contribution < -0.4 is 4.90 Å². The van der Waals surface area contributed by atoms with Gasteiger partial charge in [-0.2, -0.15) is 0 Å². The summed E-state index contributed by atoms with van der Waals surface area (Å²) in [4.78, 5) is 12.5. The molecule has 0 radical (unpaired) electrons. The van der Waals surface area contributed by atoms with E-state index >= 15 is 0 Å². The van der Waals surface area contributed by atoms with Crippen molar-refractivity contribution < 1.29 is 9.50 Å². The van der Waals surface area contributed by atoms with Crippen LogP contribution in [0.4, 0.5) is 10.2 Å². The molecule has 2 saturated heterocycles. The molecule has 5 nitrogen and oxygen atoms in total. The maximum absolute atomic E-state index is 14.5. The Balaban J connectivity index is 1.87. The average molecular weight is 308 g/mol. The van der Waals surface area contributed by atoms with Gasteiger partial charge < -0.3 is 14.9 Å². The van der Waals surface area contributed by atoms with Crippen LogP contribution in [-0.4, -0.2) is 59.3 Å². The first-order valence-electron chi connectivity index (χ1n) is 8.16. The fourth-order valence-corrected chi connectivity index (χ4v) is 3.98. The second-order valence-corrected chi connectivity index (χ2v) is 6.74. The van der Waals surface area contributed by atoms with Gasteiger partial charge in [-0.15, -0.1) is 0 Å². The number of aliphatic hydroxyl groups is 1. The molecule has 1 aromatic rings. The van der Waals surface area contributed by atoms with Crippen molar-refractivity contribution in [3.8, 4) is 0 Å². The molecule has 122 valence electrons. The van der Waals surface area contributed by atoms with Gasteiger partial charge in [0.15, 0.2) is 11.6 Å². The summed E-state index contributed by atoms with van der Waals surface area (Å²) in [5, 5.41) is 10.6. The maximum atomic E-state index is 14.5. The Bertz CT molecular complexity index is 541. The molecule has 22 heavy (non-hydrogen) atoms. The summed E-state index contributed by atoms with van der Waals surface area (Å²) in [7, 11) is 2.09. The lowest BCUT2D eigenvalue weighted by atomic mass is 9.71. The molecular weight excluding hydrogens is 283 g/mol. The van der Waals surface area contributed by atoms with E-state index in [0.29, 0.717) is 24.5 Å². The van der Waals surface area contributed by atoms with E-state index < -0.39 is 0 Å². The number of nitrogens with zero attached hydrogens (tertiary/aromatic N) is 4. The minimum Gasteiger partial charge on any atom is -0.392 e. The van der Waals surface area contributed by atoms with Gasteiger partial charge in [-0.05, 0) is 32.7 Å². The minimum atomic E-state index is -0.318. The summed E-state index contributed by atoms with van der Waals surface area (Å²) < 4.78 is 14.5. The Kier molecular flexibility index (Phi) is 4.32. The molecule has 1 N–H and O–H groups in total. The number of hydrogen-bond donors (Lipinski definition) is 1. The Labute approximate surface area is 131 Å². The number of hydrogen-bond acceptors (Lipinski definition) is 5. The van der Waals surface area contributed by atoms with Gasteiger partial charge in [0.05, 0.1) is 11.8 Å². The number of piperidine rings is 2. The average Bonchev–Trinajstić information content (AvgIpc) is 2.52. The molecule has 0 aliphatic carbocycles. The van der Waals surface area contributed by atoms with Crippen molar-refractivity contribution in [2.75, 3.05) is 38.1 Å². The Hall–Kier alpha value is -1.27. The summed E-state index contributed by atoms with van der Waals surface area (Å²) >= 11 is 0. The first-order chi connectivity index (χ1) is 10.6. The number of aliphatic hydroxyl groups excluding tert-OH is 1. The third kappa shape index (κ3) is 2.70. The lowest BCUT2D eigenvalue weighted by Crippen LogP contribution is -2.58. The zero-order valence-corrected chi connectivity index (χ0v) is 13.4. The quantitative estimate of drug-likeness (QED) is 0.896. The Morgan fingerprint density at radius 2 is 2.18 bits per heavy atom. The highest BCUT2D eigenvalue weighted by Gasteiger charge is 2.45. The van der Waals surface area contributed by atoms with E-state index in [1.807, 2.05) is 11.8 Å². The number of aryl methyl sites for hydroxylation is 1. The molecule has 1 aromatic heterocycles. The smallest absolute Gasteiger partial charge is 0.187 e. The van der Waals surface area contributed by atoms with Crippen LogP contribution in [0, 0.1) is 11.2 Å². The predicted molar refractivity (Wildman–Crippen MR) is 83.4 cm³/mol. The van der Waals surface area contributed by atoms with E-state index in [1.165, 1.54) is 6.33 Å². The van der Waals surface area contributed by atoms with Crippen LogP contribution >= 0.6 is 0 Å². The second-order valence-electron chi connectivity index (χ2n) is 6.74. The number of likely N-dealkylation sites (tertiary alicyclic amines) is 1. The van der Waals surface area contributed by atoms with E-state index in [0.717, 1.165) is 38.9 Å². The zero-order chi connectivity index (χ0) is 15.7. The fraction of sp³-hybridized carbons (Fsp3) is 0.750. The number of anilines is 1. The molecule has 6 heteroatoms. The highest BCUT2D eigenvalue weighted by molar-refractivity contribution is 5.42. The van der Waals surface area contributed by atoms with E-state index in [9.17, 15) is 9.50 Å². The molecule has 2 fully saturated rings. The molecule has 3 heterocycles. The van der Waals surface area contributed by atoms with Crippen molar-refractivity contribution in [3.63, 3.8) is 0 Å². The second kappa shape index (κ2) is 6.08. The number of rotatable bonds is 2. The molecule has 2 aliphatic heterocycles. The first-order valence-corrected chi connectivity index (χ1v) is 8.16.